The standard InChI is InChI=1S/C25H34N2O5S/c1-18-14-19(2)17-27(16-18)33(29,30)22-9-7-21(8-10-22)25(28)26(3)13-12-20-6-11-23(31-4)24(15-20)32-5/h6-11,15,18-19H,12-14,16-17H2,1-5H3/t18-,19+. The molecule has 180 valence electrons. The first-order valence-corrected chi connectivity index (χ1v) is 12.7. The maximum absolute atomic E-state index is 13.1. The molecule has 0 N–H and O–H groups in total. The molecule has 0 aliphatic carbocycles. The second-order valence-electron chi connectivity index (χ2n) is 8.96. The molecule has 0 spiro atoms. The van der Waals surface area contributed by atoms with Crippen molar-refractivity contribution in [1.29, 1.82) is 0 Å². The quantitative estimate of drug-likeness (QED) is 0.583. The fourth-order valence-electron chi connectivity index (χ4n) is 4.38. The van der Waals surface area contributed by atoms with Crippen LogP contribution in [0, 0.1) is 11.8 Å². The van der Waals surface area contributed by atoms with Crippen LogP contribution in [0.5, 0.6) is 11.5 Å². The molecule has 8 heteroatoms. The van der Waals surface area contributed by atoms with E-state index < -0.39 is 10.0 Å². The van der Waals surface area contributed by atoms with Gasteiger partial charge in [-0.15, -0.1) is 0 Å². The Morgan fingerprint density at radius 1 is 1.00 bits per heavy atom. The number of hydrogen-bond donors (Lipinski definition) is 0. The highest BCUT2D eigenvalue weighted by molar-refractivity contribution is 7.89. The van der Waals surface area contributed by atoms with Crippen molar-refractivity contribution >= 4 is 15.9 Å². The highest BCUT2D eigenvalue weighted by Crippen LogP contribution is 2.28. The van der Waals surface area contributed by atoms with Crippen molar-refractivity contribution in [2.45, 2.75) is 31.6 Å². The first-order chi connectivity index (χ1) is 15.6. The normalized spacial score (nSPS) is 19.2. The molecule has 0 radical (unpaired) electrons. The predicted octanol–water partition coefficient (Wildman–Crippen LogP) is 3.69. The third-order valence-electron chi connectivity index (χ3n) is 6.10. The van der Waals surface area contributed by atoms with E-state index >= 15 is 0 Å². The van der Waals surface area contributed by atoms with Crippen molar-refractivity contribution < 1.29 is 22.7 Å². The van der Waals surface area contributed by atoms with E-state index in [1.54, 1.807) is 42.6 Å². The smallest absolute Gasteiger partial charge is 0.253 e. The van der Waals surface area contributed by atoms with Crippen molar-refractivity contribution in [3.8, 4) is 11.5 Å². The van der Waals surface area contributed by atoms with E-state index in [4.69, 9.17) is 9.47 Å². The number of hydrogen-bond acceptors (Lipinski definition) is 5. The van der Waals surface area contributed by atoms with Gasteiger partial charge in [-0.25, -0.2) is 8.42 Å². The van der Waals surface area contributed by atoms with Gasteiger partial charge in [-0.3, -0.25) is 4.79 Å². The number of carbonyl (C=O) groups excluding carboxylic acids is 1. The number of likely N-dealkylation sites (N-methyl/N-ethyl adjacent to an activating group) is 1. The fraction of sp³-hybridized carbons (Fsp3) is 0.480. The van der Waals surface area contributed by atoms with Gasteiger partial charge in [-0.1, -0.05) is 19.9 Å². The lowest BCUT2D eigenvalue weighted by Crippen LogP contribution is -2.42. The minimum Gasteiger partial charge on any atom is -0.493 e. The summed E-state index contributed by atoms with van der Waals surface area (Å²) in [5.41, 5.74) is 1.49. The lowest BCUT2D eigenvalue weighted by Gasteiger charge is -2.34. The van der Waals surface area contributed by atoms with Crippen LogP contribution in [0.1, 0.15) is 36.2 Å². The summed E-state index contributed by atoms with van der Waals surface area (Å²) < 4.78 is 38.3. The highest BCUT2D eigenvalue weighted by Gasteiger charge is 2.31. The molecule has 1 amide bonds. The Bertz CT molecular complexity index is 1060. The minimum atomic E-state index is -3.56. The van der Waals surface area contributed by atoms with Crippen LogP contribution in [-0.2, 0) is 16.4 Å². The molecule has 3 rings (SSSR count). The van der Waals surface area contributed by atoms with Crippen LogP contribution in [-0.4, -0.2) is 64.4 Å². The molecule has 1 fully saturated rings. The Morgan fingerprint density at radius 3 is 2.18 bits per heavy atom. The van der Waals surface area contributed by atoms with E-state index in [9.17, 15) is 13.2 Å². The summed E-state index contributed by atoms with van der Waals surface area (Å²) in [5, 5.41) is 0. The van der Waals surface area contributed by atoms with E-state index in [1.165, 1.54) is 12.1 Å². The van der Waals surface area contributed by atoms with E-state index in [0.29, 0.717) is 55.0 Å². The van der Waals surface area contributed by atoms with Crippen molar-refractivity contribution in [1.82, 2.24) is 9.21 Å². The molecule has 1 saturated heterocycles. The van der Waals surface area contributed by atoms with Crippen LogP contribution in [0.25, 0.3) is 0 Å². The van der Waals surface area contributed by atoms with Gasteiger partial charge >= 0.3 is 0 Å². The average Bonchev–Trinajstić information content (AvgIpc) is 2.81. The zero-order valence-corrected chi connectivity index (χ0v) is 20.9. The minimum absolute atomic E-state index is 0.153. The number of methoxy groups -OCH3 is 2. The third-order valence-corrected chi connectivity index (χ3v) is 7.95. The summed E-state index contributed by atoms with van der Waals surface area (Å²) in [6.07, 6.45) is 1.69. The van der Waals surface area contributed by atoms with E-state index in [2.05, 4.69) is 13.8 Å². The van der Waals surface area contributed by atoms with Crippen molar-refractivity contribution in [3.63, 3.8) is 0 Å². The molecule has 2 atom stereocenters. The third kappa shape index (κ3) is 5.86. The van der Waals surface area contributed by atoms with Crippen LogP contribution < -0.4 is 9.47 Å². The Morgan fingerprint density at radius 2 is 1.61 bits per heavy atom. The summed E-state index contributed by atoms with van der Waals surface area (Å²) >= 11 is 0. The van der Waals surface area contributed by atoms with Crippen LogP contribution in [0.2, 0.25) is 0 Å². The number of benzene rings is 2. The Kier molecular flexibility index (Phi) is 8.02. The van der Waals surface area contributed by atoms with Gasteiger partial charge in [0, 0.05) is 32.2 Å². The SMILES string of the molecule is COc1ccc(CCN(C)C(=O)c2ccc(S(=O)(=O)N3C[C@H](C)C[C@H](C)C3)cc2)cc1OC. The summed E-state index contributed by atoms with van der Waals surface area (Å²) in [7, 11) is 1.36. The van der Waals surface area contributed by atoms with Crippen LogP contribution in [0.4, 0.5) is 0 Å². The van der Waals surface area contributed by atoms with E-state index in [-0.39, 0.29) is 10.8 Å². The molecular weight excluding hydrogens is 440 g/mol. The average molecular weight is 475 g/mol. The second kappa shape index (κ2) is 10.6. The second-order valence-corrected chi connectivity index (χ2v) is 10.9. The van der Waals surface area contributed by atoms with Gasteiger partial charge in [0.15, 0.2) is 11.5 Å². The van der Waals surface area contributed by atoms with Gasteiger partial charge in [0.05, 0.1) is 19.1 Å². The highest BCUT2D eigenvalue weighted by atomic mass is 32.2. The lowest BCUT2D eigenvalue weighted by molar-refractivity contribution is 0.0796. The van der Waals surface area contributed by atoms with Gasteiger partial charge in [0.2, 0.25) is 10.0 Å². The van der Waals surface area contributed by atoms with E-state index in [1.807, 2.05) is 18.2 Å². The topological polar surface area (TPSA) is 76.2 Å². The molecule has 2 aromatic carbocycles. The molecule has 1 heterocycles. The van der Waals surface area contributed by atoms with Crippen LogP contribution in [0.3, 0.4) is 0 Å². The number of rotatable bonds is 8. The van der Waals surface area contributed by atoms with Gasteiger partial charge in [-0.05, 0) is 66.6 Å². The molecule has 0 saturated carbocycles. The maximum Gasteiger partial charge on any atom is 0.253 e. The maximum atomic E-state index is 13.1. The molecule has 33 heavy (non-hydrogen) atoms. The van der Waals surface area contributed by atoms with Crippen LogP contribution in [0.15, 0.2) is 47.4 Å². The number of ether oxygens (including phenoxy) is 2. The molecule has 1 aliphatic heterocycles. The van der Waals surface area contributed by atoms with Crippen molar-refractivity contribution in [2.24, 2.45) is 11.8 Å². The van der Waals surface area contributed by atoms with Gasteiger partial charge < -0.3 is 14.4 Å². The largest absolute Gasteiger partial charge is 0.493 e. The van der Waals surface area contributed by atoms with Crippen molar-refractivity contribution in [3.05, 3.63) is 53.6 Å². The summed E-state index contributed by atoms with van der Waals surface area (Å²) in [6, 6.07) is 12.0. The number of nitrogens with zero attached hydrogens (tertiary/aromatic N) is 2. The summed E-state index contributed by atoms with van der Waals surface area (Å²) in [5.74, 6) is 1.83. The molecule has 2 aromatic rings. The Hall–Kier alpha value is -2.58. The number of sulfonamides is 1. The number of piperidine rings is 1. The molecule has 7 nitrogen and oxygen atoms in total. The zero-order valence-electron chi connectivity index (χ0n) is 20.1. The molecular formula is C25H34N2O5S. The van der Waals surface area contributed by atoms with Gasteiger partial charge in [0.1, 0.15) is 0 Å². The molecule has 0 aromatic heterocycles. The van der Waals surface area contributed by atoms with E-state index in [0.717, 1.165) is 12.0 Å². The molecule has 0 bridgehead atoms. The zero-order chi connectivity index (χ0) is 24.2. The molecule has 0 unspecified atom stereocenters. The first kappa shape index (κ1) is 25.1. The van der Waals surface area contributed by atoms with Gasteiger partial charge in [-0.2, -0.15) is 4.31 Å². The monoisotopic (exact) mass is 474 g/mol. The van der Waals surface area contributed by atoms with Crippen molar-refractivity contribution in [2.75, 3.05) is 40.9 Å². The number of amides is 1. The Labute approximate surface area is 197 Å². The van der Waals surface area contributed by atoms with Gasteiger partial charge in [0.25, 0.3) is 5.91 Å². The summed E-state index contributed by atoms with van der Waals surface area (Å²) in [4.78, 5) is 14.7. The number of carbonyl (C=O) groups is 1. The predicted molar refractivity (Wildman–Crippen MR) is 128 cm³/mol. The Balaban J connectivity index is 1.65. The lowest BCUT2D eigenvalue weighted by atomic mass is 9.94. The molecule has 1 aliphatic rings. The fourth-order valence-corrected chi connectivity index (χ4v) is 6.06. The van der Waals surface area contributed by atoms with Crippen LogP contribution >= 0.6 is 0 Å². The first-order valence-electron chi connectivity index (χ1n) is 11.2. The summed E-state index contributed by atoms with van der Waals surface area (Å²) in [6.45, 7) is 5.74.